The number of benzene rings is 1. The number of carbonyl (C=O) groups is 2. The zero-order chi connectivity index (χ0) is 13.3. The zero-order valence-corrected chi connectivity index (χ0v) is 10.5. The van der Waals surface area contributed by atoms with E-state index < -0.39 is 18.1 Å². The Balaban J connectivity index is 2.47. The monoisotopic (exact) mass is 269 g/mol. The molecule has 1 aliphatic rings. The largest absolute Gasteiger partial charge is 0.480 e. The summed E-state index contributed by atoms with van der Waals surface area (Å²) in [7, 11) is 0. The maximum Gasteiger partial charge on any atom is 0.415 e. The highest BCUT2D eigenvalue weighted by Crippen LogP contribution is 2.30. The van der Waals surface area contributed by atoms with Crippen LogP contribution in [0.3, 0.4) is 0 Å². The molecule has 6 heteroatoms. The summed E-state index contributed by atoms with van der Waals surface area (Å²) in [6.45, 7) is 1.85. The van der Waals surface area contributed by atoms with E-state index in [1.165, 1.54) is 0 Å². The lowest BCUT2D eigenvalue weighted by atomic mass is 10.1. The van der Waals surface area contributed by atoms with Crippen molar-refractivity contribution in [2.75, 3.05) is 11.5 Å². The first-order chi connectivity index (χ1) is 8.52. The fraction of sp³-hybridized carbons (Fsp3) is 0.333. The number of carboxylic acids is 1. The van der Waals surface area contributed by atoms with Gasteiger partial charge in [-0.2, -0.15) is 0 Å². The van der Waals surface area contributed by atoms with Gasteiger partial charge in [-0.25, -0.2) is 9.59 Å². The van der Waals surface area contributed by atoms with E-state index in [2.05, 4.69) is 0 Å². The lowest BCUT2D eigenvalue weighted by Crippen LogP contribution is -2.50. The van der Waals surface area contributed by atoms with Gasteiger partial charge in [-0.05, 0) is 24.6 Å². The molecule has 1 fully saturated rings. The molecule has 1 saturated heterocycles. The van der Waals surface area contributed by atoms with Crippen LogP contribution in [0.5, 0.6) is 0 Å². The van der Waals surface area contributed by atoms with E-state index >= 15 is 0 Å². The molecule has 1 N–H and O–H groups in total. The molecule has 1 aromatic carbocycles. The van der Waals surface area contributed by atoms with Crippen molar-refractivity contribution < 1.29 is 19.4 Å². The molecule has 18 heavy (non-hydrogen) atoms. The van der Waals surface area contributed by atoms with Gasteiger partial charge in [-0.3, -0.25) is 4.90 Å². The van der Waals surface area contributed by atoms with E-state index in [4.69, 9.17) is 21.4 Å². The van der Waals surface area contributed by atoms with E-state index in [1.807, 2.05) is 0 Å². The van der Waals surface area contributed by atoms with Gasteiger partial charge < -0.3 is 9.84 Å². The van der Waals surface area contributed by atoms with E-state index in [1.54, 1.807) is 25.1 Å². The normalized spacial score (nSPS) is 19.6. The van der Waals surface area contributed by atoms with Crippen LogP contribution in [0.4, 0.5) is 10.5 Å². The average molecular weight is 270 g/mol. The third kappa shape index (κ3) is 2.13. The van der Waals surface area contributed by atoms with E-state index in [9.17, 15) is 9.59 Å². The summed E-state index contributed by atoms with van der Waals surface area (Å²) < 4.78 is 4.90. The number of ether oxygens (including phenoxy) is 1. The third-order valence-electron chi connectivity index (χ3n) is 2.91. The van der Waals surface area contributed by atoms with Gasteiger partial charge >= 0.3 is 12.1 Å². The minimum Gasteiger partial charge on any atom is -0.480 e. The molecule has 1 atom stereocenters. The van der Waals surface area contributed by atoms with Crippen molar-refractivity contribution in [1.82, 2.24) is 0 Å². The number of carbonyl (C=O) groups excluding carboxylic acids is 1. The van der Waals surface area contributed by atoms with Gasteiger partial charge in [0.05, 0.1) is 12.3 Å². The number of rotatable bonds is 2. The van der Waals surface area contributed by atoms with Crippen LogP contribution >= 0.6 is 11.6 Å². The Morgan fingerprint density at radius 3 is 2.94 bits per heavy atom. The molecule has 2 rings (SSSR count). The Labute approximate surface area is 109 Å². The van der Waals surface area contributed by atoms with E-state index in [0.717, 1.165) is 4.90 Å². The van der Waals surface area contributed by atoms with Crippen molar-refractivity contribution in [2.45, 2.75) is 19.4 Å². The Morgan fingerprint density at radius 1 is 1.56 bits per heavy atom. The molecule has 1 amide bonds. The summed E-state index contributed by atoms with van der Waals surface area (Å²) in [6.07, 6.45) is -0.397. The van der Waals surface area contributed by atoms with Crippen molar-refractivity contribution in [2.24, 2.45) is 0 Å². The Morgan fingerprint density at radius 2 is 2.28 bits per heavy atom. The van der Waals surface area contributed by atoms with Gasteiger partial charge in [0.1, 0.15) is 6.04 Å². The summed E-state index contributed by atoms with van der Waals surface area (Å²) in [6, 6.07) is 4.10. The molecule has 0 aliphatic carbocycles. The predicted octanol–water partition coefficient (Wildman–Crippen LogP) is 2.45. The molecule has 0 spiro atoms. The van der Waals surface area contributed by atoms with Crippen LogP contribution in [0.15, 0.2) is 18.2 Å². The second kappa shape index (κ2) is 4.86. The van der Waals surface area contributed by atoms with Crippen LogP contribution in [-0.4, -0.2) is 29.8 Å². The second-order valence-electron chi connectivity index (χ2n) is 4.01. The summed E-state index contributed by atoms with van der Waals surface area (Å²) in [5.41, 5.74) is 1.13. The van der Waals surface area contributed by atoms with Crippen molar-refractivity contribution in [3.05, 3.63) is 28.8 Å². The zero-order valence-electron chi connectivity index (χ0n) is 9.72. The van der Waals surface area contributed by atoms with Gasteiger partial charge in [0.25, 0.3) is 0 Å². The Hall–Kier alpha value is -1.75. The Bertz CT molecular complexity index is 503. The van der Waals surface area contributed by atoms with Gasteiger partial charge in [0.2, 0.25) is 0 Å². The van der Waals surface area contributed by atoms with Crippen LogP contribution in [0.2, 0.25) is 5.02 Å². The quantitative estimate of drug-likeness (QED) is 0.895. The number of carboxylic acid groups (broad SMARTS) is 1. The minimum atomic E-state index is -1.05. The number of hydrogen-bond donors (Lipinski definition) is 1. The van der Waals surface area contributed by atoms with Crippen molar-refractivity contribution >= 4 is 29.4 Å². The summed E-state index contributed by atoms with van der Waals surface area (Å²) >= 11 is 5.98. The van der Waals surface area contributed by atoms with Crippen LogP contribution < -0.4 is 4.90 Å². The van der Waals surface area contributed by atoms with Crippen LogP contribution in [0.1, 0.15) is 12.0 Å². The number of nitrogens with zero attached hydrogens (tertiary/aromatic N) is 1. The molecule has 1 aromatic rings. The van der Waals surface area contributed by atoms with Gasteiger partial charge in [0.15, 0.2) is 0 Å². The van der Waals surface area contributed by atoms with Gasteiger partial charge in [0, 0.05) is 11.4 Å². The highest BCUT2D eigenvalue weighted by Gasteiger charge is 2.36. The first-order valence-electron chi connectivity index (χ1n) is 5.46. The van der Waals surface area contributed by atoms with Gasteiger partial charge in [-0.15, -0.1) is 0 Å². The molecule has 5 nitrogen and oxygen atoms in total. The van der Waals surface area contributed by atoms with Crippen molar-refractivity contribution in [3.8, 4) is 0 Å². The maximum atomic E-state index is 11.8. The fourth-order valence-corrected chi connectivity index (χ4v) is 2.11. The minimum absolute atomic E-state index is 0.117. The van der Waals surface area contributed by atoms with Crippen LogP contribution in [0, 0.1) is 6.92 Å². The predicted molar refractivity (Wildman–Crippen MR) is 66.1 cm³/mol. The maximum absolute atomic E-state index is 11.8. The summed E-state index contributed by atoms with van der Waals surface area (Å²) in [5, 5.41) is 9.65. The van der Waals surface area contributed by atoms with Crippen molar-refractivity contribution in [3.63, 3.8) is 0 Å². The molecule has 0 saturated carbocycles. The molecular weight excluding hydrogens is 258 g/mol. The highest BCUT2D eigenvalue weighted by molar-refractivity contribution is 6.31. The molecule has 1 aliphatic heterocycles. The molecular formula is C12H12ClNO4. The van der Waals surface area contributed by atoms with Crippen LogP contribution in [-0.2, 0) is 9.53 Å². The second-order valence-corrected chi connectivity index (χ2v) is 4.42. The van der Waals surface area contributed by atoms with Crippen LogP contribution in [0.25, 0.3) is 0 Å². The topological polar surface area (TPSA) is 66.8 Å². The molecule has 1 heterocycles. The lowest BCUT2D eigenvalue weighted by molar-refractivity contribution is -0.139. The Kier molecular flexibility index (Phi) is 3.43. The smallest absolute Gasteiger partial charge is 0.415 e. The number of amides is 1. The molecule has 0 radical (unpaired) electrons. The summed E-state index contributed by atoms with van der Waals surface area (Å²) in [5.74, 6) is -1.05. The lowest BCUT2D eigenvalue weighted by Gasteiger charge is -2.33. The van der Waals surface area contributed by atoms with Crippen molar-refractivity contribution in [1.29, 1.82) is 0 Å². The fourth-order valence-electron chi connectivity index (χ4n) is 1.94. The third-order valence-corrected chi connectivity index (χ3v) is 3.32. The van der Waals surface area contributed by atoms with E-state index in [0.29, 0.717) is 16.3 Å². The molecule has 1 unspecified atom stereocenters. The number of anilines is 1. The first kappa shape index (κ1) is 12.7. The van der Waals surface area contributed by atoms with E-state index in [-0.39, 0.29) is 13.0 Å². The number of halogens is 1. The first-order valence-corrected chi connectivity index (χ1v) is 5.84. The number of hydrogen-bond acceptors (Lipinski definition) is 3. The average Bonchev–Trinajstić information content (AvgIpc) is 2.33. The molecule has 96 valence electrons. The number of cyclic esters (lactones) is 1. The molecule has 0 bridgehead atoms. The molecule has 0 aromatic heterocycles. The highest BCUT2D eigenvalue weighted by atomic mass is 35.5. The SMILES string of the molecule is Cc1c(Cl)cccc1N1C(=O)OCCC1C(=O)O. The van der Waals surface area contributed by atoms with Gasteiger partial charge in [-0.1, -0.05) is 17.7 Å². The summed E-state index contributed by atoms with van der Waals surface area (Å²) in [4.78, 5) is 24.1. The number of aliphatic carboxylic acids is 1. The standard InChI is InChI=1S/C12H12ClNO4/c1-7-8(13)3-2-4-9(7)14-10(11(15)16)5-6-18-12(14)17/h2-4,10H,5-6H2,1H3,(H,15,16).